The first-order chi connectivity index (χ1) is 13.6. The molecule has 1 aliphatic rings. The summed E-state index contributed by atoms with van der Waals surface area (Å²) in [6, 6.07) is 0.0261. The summed E-state index contributed by atoms with van der Waals surface area (Å²) in [5.41, 5.74) is 2.97. The molecule has 0 fully saturated rings. The van der Waals surface area contributed by atoms with E-state index in [1.165, 1.54) is 23.2 Å². The lowest BCUT2D eigenvalue weighted by Gasteiger charge is -2.21. The second-order valence-corrected chi connectivity index (χ2v) is 8.70. The van der Waals surface area contributed by atoms with E-state index in [1.54, 1.807) is 14.1 Å². The van der Waals surface area contributed by atoms with Gasteiger partial charge < -0.3 is 15.5 Å². The lowest BCUT2D eigenvalue weighted by atomic mass is 9.87. The standard InChI is InChI=1S/C19H26N6O3S/c1-9(2)25-16-14(15(23-25)18(28)20-8-13(27)24(5)6)10(3)7-12-17(16)29-19(22-12)21-11(4)26/h9-10H,7-8H2,1-6H3,(H,20,28)(H,21,22,26). The van der Waals surface area contributed by atoms with E-state index in [2.05, 4.69) is 20.7 Å². The van der Waals surface area contributed by atoms with Crippen LogP contribution in [0.2, 0.25) is 0 Å². The summed E-state index contributed by atoms with van der Waals surface area (Å²) in [7, 11) is 3.29. The van der Waals surface area contributed by atoms with Crippen molar-refractivity contribution in [1.82, 2.24) is 25.0 Å². The van der Waals surface area contributed by atoms with Gasteiger partial charge in [-0.3, -0.25) is 19.1 Å². The molecule has 9 nitrogen and oxygen atoms in total. The van der Waals surface area contributed by atoms with E-state index in [9.17, 15) is 14.4 Å². The number of fused-ring (bicyclic) bond motifs is 3. The molecule has 0 aliphatic heterocycles. The van der Waals surface area contributed by atoms with E-state index in [4.69, 9.17) is 0 Å². The molecule has 3 amide bonds. The van der Waals surface area contributed by atoms with Gasteiger partial charge >= 0.3 is 0 Å². The molecule has 0 radical (unpaired) electrons. The Morgan fingerprint density at radius 2 is 2.00 bits per heavy atom. The first-order valence-electron chi connectivity index (χ1n) is 9.48. The fourth-order valence-corrected chi connectivity index (χ4v) is 4.44. The second kappa shape index (κ2) is 7.94. The van der Waals surface area contributed by atoms with Crippen molar-refractivity contribution < 1.29 is 14.4 Å². The van der Waals surface area contributed by atoms with Crippen LogP contribution in [-0.4, -0.2) is 58.0 Å². The van der Waals surface area contributed by atoms with E-state index in [-0.39, 0.29) is 36.2 Å². The molecule has 1 unspecified atom stereocenters. The highest BCUT2D eigenvalue weighted by Gasteiger charge is 2.35. The van der Waals surface area contributed by atoms with Crippen LogP contribution in [-0.2, 0) is 16.0 Å². The van der Waals surface area contributed by atoms with Crippen molar-refractivity contribution in [3.63, 3.8) is 0 Å². The number of nitrogens with zero attached hydrogens (tertiary/aromatic N) is 4. The van der Waals surface area contributed by atoms with Crippen LogP contribution in [0.3, 0.4) is 0 Å². The molecule has 0 spiro atoms. The highest BCUT2D eigenvalue weighted by molar-refractivity contribution is 7.19. The topological polar surface area (TPSA) is 109 Å². The molecule has 1 aliphatic carbocycles. The number of thiazole rings is 1. The van der Waals surface area contributed by atoms with Crippen LogP contribution in [0.1, 0.15) is 61.4 Å². The summed E-state index contributed by atoms with van der Waals surface area (Å²) in [6.45, 7) is 7.40. The van der Waals surface area contributed by atoms with E-state index < -0.39 is 0 Å². The zero-order valence-electron chi connectivity index (χ0n) is 17.5. The van der Waals surface area contributed by atoms with Crippen LogP contribution < -0.4 is 10.6 Å². The molecular weight excluding hydrogens is 392 g/mol. The minimum absolute atomic E-state index is 0.0261. The smallest absolute Gasteiger partial charge is 0.272 e. The molecule has 2 N–H and O–H groups in total. The molecule has 2 aromatic heterocycles. The second-order valence-electron chi connectivity index (χ2n) is 7.70. The predicted molar refractivity (Wildman–Crippen MR) is 111 cm³/mol. The van der Waals surface area contributed by atoms with E-state index in [0.717, 1.165) is 21.8 Å². The fourth-order valence-electron chi connectivity index (χ4n) is 3.35. The van der Waals surface area contributed by atoms with Crippen molar-refractivity contribution in [2.24, 2.45) is 0 Å². The first kappa shape index (κ1) is 21.0. The third-order valence-corrected chi connectivity index (χ3v) is 5.76. The number of anilines is 1. The van der Waals surface area contributed by atoms with Gasteiger partial charge in [-0.2, -0.15) is 5.10 Å². The Kier molecular flexibility index (Phi) is 5.74. The van der Waals surface area contributed by atoms with Crippen LogP contribution in [0.15, 0.2) is 0 Å². The van der Waals surface area contributed by atoms with Gasteiger partial charge in [0, 0.05) is 32.6 Å². The van der Waals surface area contributed by atoms with Gasteiger partial charge in [-0.1, -0.05) is 18.3 Å². The molecule has 2 heterocycles. The summed E-state index contributed by atoms with van der Waals surface area (Å²) in [5.74, 6) is -0.694. The molecule has 0 aromatic carbocycles. The van der Waals surface area contributed by atoms with Crippen molar-refractivity contribution in [3.05, 3.63) is 17.0 Å². The highest BCUT2D eigenvalue weighted by atomic mass is 32.1. The van der Waals surface area contributed by atoms with Crippen LogP contribution in [0.5, 0.6) is 0 Å². The molecule has 3 rings (SSSR count). The molecule has 0 bridgehead atoms. The maximum Gasteiger partial charge on any atom is 0.272 e. The zero-order chi connectivity index (χ0) is 21.5. The monoisotopic (exact) mass is 418 g/mol. The van der Waals surface area contributed by atoms with Gasteiger partial charge in [0.1, 0.15) is 0 Å². The Hall–Kier alpha value is -2.75. The molecule has 0 saturated carbocycles. The van der Waals surface area contributed by atoms with Gasteiger partial charge in [0.2, 0.25) is 11.8 Å². The Morgan fingerprint density at radius 1 is 1.31 bits per heavy atom. The third-order valence-electron chi connectivity index (χ3n) is 4.74. The number of aromatic nitrogens is 3. The van der Waals surface area contributed by atoms with Crippen LogP contribution in [0.4, 0.5) is 5.13 Å². The number of hydrogen-bond acceptors (Lipinski definition) is 6. The number of nitrogens with one attached hydrogen (secondary N) is 2. The number of rotatable bonds is 5. The number of carbonyl (C=O) groups excluding carboxylic acids is 3. The maximum absolute atomic E-state index is 12.9. The summed E-state index contributed by atoms with van der Waals surface area (Å²) >= 11 is 1.39. The molecule has 156 valence electrons. The van der Waals surface area contributed by atoms with Crippen molar-refractivity contribution in [2.75, 3.05) is 26.0 Å². The van der Waals surface area contributed by atoms with Gasteiger partial charge in [0.25, 0.3) is 5.91 Å². The Bertz CT molecular complexity index is 975. The van der Waals surface area contributed by atoms with E-state index in [1.807, 2.05) is 25.5 Å². The van der Waals surface area contributed by atoms with Crippen molar-refractivity contribution >= 4 is 34.2 Å². The van der Waals surface area contributed by atoms with E-state index >= 15 is 0 Å². The minimum Gasteiger partial charge on any atom is -0.347 e. The maximum atomic E-state index is 12.9. The number of amides is 3. The molecular formula is C19H26N6O3S. The predicted octanol–water partition coefficient (Wildman–Crippen LogP) is 2.02. The molecule has 29 heavy (non-hydrogen) atoms. The zero-order valence-corrected chi connectivity index (χ0v) is 18.3. The normalized spacial score (nSPS) is 14.9. The van der Waals surface area contributed by atoms with Gasteiger partial charge in [-0.25, -0.2) is 4.98 Å². The van der Waals surface area contributed by atoms with E-state index in [0.29, 0.717) is 17.2 Å². The van der Waals surface area contributed by atoms with Crippen molar-refractivity contribution in [2.45, 2.75) is 46.1 Å². The average molecular weight is 419 g/mol. The Labute approximate surface area is 173 Å². The third kappa shape index (κ3) is 4.02. The fraction of sp³-hybridized carbons (Fsp3) is 0.526. The lowest BCUT2D eigenvalue weighted by Crippen LogP contribution is -2.36. The number of hydrogen-bond donors (Lipinski definition) is 2. The average Bonchev–Trinajstić information content (AvgIpc) is 3.20. The summed E-state index contributed by atoms with van der Waals surface area (Å²) < 4.78 is 1.84. The quantitative estimate of drug-likeness (QED) is 0.772. The molecule has 0 saturated heterocycles. The van der Waals surface area contributed by atoms with Crippen LogP contribution >= 0.6 is 11.3 Å². The summed E-state index contributed by atoms with van der Waals surface area (Å²) in [6.07, 6.45) is 0.652. The van der Waals surface area contributed by atoms with Gasteiger partial charge in [0.05, 0.1) is 22.8 Å². The Balaban J connectivity index is 2.04. The van der Waals surface area contributed by atoms with Gasteiger partial charge in [-0.05, 0) is 26.2 Å². The van der Waals surface area contributed by atoms with Gasteiger partial charge in [0.15, 0.2) is 10.8 Å². The largest absolute Gasteiger partial charge is 0.347 e. The first-order valence-corrected chi connectivity index (χ1v) is 10.3. The SMILES string of the molecule is CC(=O)Nc1nc2c(s1)-c1c(c(C(=O)NCC(=O)N(C)C)nn1C(C)C)C(C)C2. The van der Waals surface area contributed by atoms with Gasteiger partial charge in [-0.15, -0.1) is 0 Å². The summed E-state index contributed by atoms with van der Waals surface area (Å²) in [4.78, 5) is 43.1. The minimum atomic E-state index is -0.363. The number of carbonyl (C=O) groups is 3. The molecule has 1 atom stereocenters. The molecule has 2 aromatic rings. The van der Waals surface area contributed by atoms with Crippen molar-refractivity contribution in [3.8, 4) is 10.6 Å². The Morgan fingerprint density at radius 3 is 2.59 bits per heavy atom. The summed E-state index contributed by atoms with van der Waals surface area (Å²) in [5, 5.41) is 10.6. The number of likely N-dealkylation sites (N-methyl/N-ethyl adjacent to an activating group) is 1. The lowest BCUT2D eigenvalue weighted by molar-refractivity contribution is -0.127. The van der Waals surface area contributed by atoms with Crippen molar-refractivity contribution in [1.29, 1.82) is 0 Å². The van der Waals surface area contributed by atoms with Crippen LogP contribution in [0, 0.1) is 0 Å². The molecule has 10 heteroatoms. The van der Waals surface area contributed by atoms with Crippen LogP contribution in [0.25, 0.3) is 10.6 Å². The highest BCUT2D eigenvalue weighted by Crippen LogP contribution is 2.46.